The van der Waals surface area contributed by atoms with Gasteiger partial charge in [0.15, 0.2) is 0 Å². The van der Waals surface area contributed by atoms with Crippen LogP contribution in [0.3, 0.4) is 0 Å². The van der Waals surface area contributed by atoms with Crippen LogP contribution in [0.4, 0.5) is 0 Å². The van der Waals surface area contributed by atoms with Gasteiger partial charge in [-0.05, 0) is 57.0 Å². The monoisotopic (exact) mass is 402 g/mol. The number of hydrogen-bond donors (Lipinski definition) is 0. The molecule has 4 saturated heterocycles. The fourth-order valence-corrected chi connectivity index (χ4v) is 12.7. The van der Waals surface area contributed by atoms with Crippen molar-refractivity contribution >= 4 is 53.3 Å². The standard InChI is InChI=1S/C18H26O2S4/c1-15-3-6-18(23-7-2-8-24-18)14(20-15)13-11-17(21-9-10-22-17)5-4-16(13,15)12-19/h12-14H,2-11H2,1H3/t13-,14-,15-,16+/m0/s1. The van der Waals surface area contributed by atoms with Gasteiger partial charge in [-0.25, -0.2) is 0 Å². The molecule has 5 aliphatic rings. The smallest absolute Gasteiger partial charge is 0.129 e. The normalized spacial score (nSPS) is 48.5. The molecule has 0 amide bonds. The van der Waals surface area contributed by atoms with Crippen LogP contribution in [0.1, 0.15) is 45.4 Å². The van der Waals surface area contributed by atoms with E-state index in [4.69, 9.17) is 4.74 Å². The molecule has 0 N–H and O–H groups in total. The zero-order valence-electron chi connectivity index (χ0n) is 14.3. The van der Waals surface area contributed by atoms with Crippen LogP contribution in [0.15, 0.2) is 0 Å². The summed E-state index contributed by atoms with van der Waals surface area (Å²) in [6, 6.07) is 0. The molecule has 0 aromatic rings. The van der Waals surface area contributed by atoms with Crippen molar-refractivity contribution in [1.82, 2.24) is 0 Å². The average molecular weight is 403 g/mol. The van der Waals surface area contributed by atoms with E-state index in [0.717, 1.165) is 12.8 Å². The lowest BCUT2D eigenvalue weighted by Crippen LogP contribution is -2.51. The minimum Gasteiger partial charge on any atom is -0.368 e. The van der Waals surface area contributed by atoms with E-state index in [1.165, 1.54) is 55.0 Å². The van der Waals surface area contributed by atoms with Crippen molar-refractivity contribution in [3.8, 4) is 0 Å². The average Bonchev–Trinajstić information content (AvgIpc) is 3.14. The Labute approximate surface area is 162 Å². The maximum atomic E-state index is 12.5. The van der Waals surface area contributed by atoms with Crippen molar-refractivity contribution in [3.63, 3.8) is 0 Å². The summed E-state index contributed by atoms with van der Waals surface area (Å²) in [5.41, 5.74) is -0.446. The first kappa shape index (κ1) is 17.2. The molecule has 134 valence electrons. The van der Waals surface area contributed by atoms with Crippen LogP contribution in [0, 0.1) is 11.3 Å². The van der Waals surface area contributed by atoms with E-state index >= 15 is 0 Å². The van der Waals surface area contributed by atoms with Gasteiger partial charge in [0.2, 0.25) is 0 Å². The van der Waals surface area contributed by atoms with E-state index in [1.54, 1.807) is 0 Å². The lowest BCUT2D eigenvalue weighted by atomic mass is 9.59. The Morgan fingerprint density at radius 1 is 0.958 bits per heavy atom. The number of thioether (sulfide) groups is 4. The van der Waals surface area contributed by atoms with Crippen molar-refractivity contribution in [2.24, 2.45) is 11.3 Å². The van der Waals surface area contributed by atoms with Crippen molar-refractivity contribution in [2.45, 2.75) is 65.3 Å². The highest BCUT2D eigenvalue weighted by Gasteiger charge is 2.72. The molecule has 0 aromatic heterocycles. The predicted molar refractivity (Wildman–Crippen MR) is 108 cm³/mol. The topological polar surface area (TPSA) is 26.3 Å². The Morgan fingerprint density at radius 3 is 2.42 bits per heavy atom. The van der Waals surface area contributed by atoms with Gasteiger partial charge in [-0.15, -0.1) is 47.0 Å². The van der Waals surface area contributed by atoms with Crippen LogP contribution in [0.25, 0.3) is 0 Å². The lowest BCUT2D eigenvalue weighted by Gasteiger charge is -2.48. The molecule has 4 aliphatic heterocycles. The fraction of sp³-hybridized carbons (Fsp3) is 0.944. The zero-order chi connectivity index (χ0) is 16.5. The van der Waals surface area contributed by atoms with Gasteiger partial charge in [-0.3, -0.25) is 0 Å². The summed E-state index contributed by atoms with van der Waals surface area (Å²) in [6.45, 7) is 2.26. The number of fused-ring (bicyclic) bond motifs is 6. The second-order valence-corrected chi connectivity index (χ2v) is 14.5. The van der Waals surface area contributed by atoms with E-state index in [-0.39, 0.29) is 21.2 Å². The molecule has 2 bridgehead atoms. The highest BCUT2D eigenvalue weighted by atomic mass is 32.2. The Bertz CT molecular complexity index is 543. The molecule has 4 atom stereocenters. The summed E-state index contributed by atoms with van der Waals surface area (Å²) in [7, 11) is 0. The number of carbonyl (C=O) groups is 1. The summed E-state index contributed by atoms with van der Waals surface area (Å²) in [5, 5.41) is 0. The van der Waals surface area contributed by atoms with E-state index < -0.39 is 0 Å². The molecular weight excluding hydrogens is 376 g/mol. The van der Waals surface area contributed by atoms with Gasteiger partial charge in [0.1, 0.15) is 6.29 Å². The molecule has 5 fully saturated rings. The molecule has 4 heterocycles. The highest BCUT2D eigenvalue weighted by Crippen LogP contribution is 2.71. The second kappa shape index (κ2) is 5.76. The molecule has 0 radical (unpaired) electrons. The number of ether oxygens (including phenoxy) is 1. The van der Waals surface area contributed by atoms with Crippen LogP contribution in [-0.2, 0) is 9.53 Å². The molecule has 0 aromatic carbocycles. The molecule has 24 heavy (non-hydrogen) atoms. The highest BCUT2D eigenvalue weighted by molar-refractivity contribution is 8.21. The van der Waals surface area contributed by atoms with Crippen molar-refractivity contribution in [2.75, 3.05) is 23.0 Å². The summed E-state index contributed by atoms with van der Waals surface area (Å²) in [4.78, 5) is 12.5. The van der Waals surface area contributed by atoms with E-state index in [0.29, 0.717) is 10.00 Å². The number of aldehydes is 1. The Morgan fingerprint density at radius 2 is 1.71 bits per heavy atom. The van der Waals surface area contributed by atoms with Crippen molar-refractivity contribution in [3.05, 3.63) is 0 Å². The van der Waals surface area contributed by atoms with Crippen molar-refractivity contribution < 1.29 is 9.53 Å². The third-order valence-electron chi connectivity index (χ3n) is 7.24. The first-order valence-corrected chi connectivity index (χ1v) is 13.2. The second-order valence-electron chi connectivity index (χ2n) is 8.21. The quantitative estimate of drug-likeness (QED) is 0.592. The third kappa shape index (κ3) is 2.15. The third-order valence-corrected chi connectivity index (χ3v) is 14.4. The van der Waals surface area contributed by atoms with Crippen LogP contribution in [0.5, 0.6) is 0 Å². The first-order valence-electron chi connectivity index (χ1n) is 9.27. The van der Waals surface area contributed by atoms with Crippen molar-refractivity contribution in [1.29, 1.82) is 0 Å². The van der Waals surface area contributed by atoms with Gasteiger partial charge in [0.05, 0.1) is 25.3 Å². The predicted octanol–water partition coefficient (Wildman–Crippen LogP) is 4.67. The number of rotatable bonds is 1. The molecular formula is C18H26O2S4. The molecule has 2 spiro atoms. The van der Waals surface area contributed by atoms with Gasteiger partial charge in [0, 0.05) is 17.4 Å². The maximum absolute atomic E-state index is 12.5. The molecule has 6 heteroatoms. The Balaban J connectivity index is 1.56. The SMILES string of the molecule is C[C@@]12CCC3(SCCCS3)[C@@H](O1)[C@@H]1CC3(CC[C@@]12C=O)SCCS3. The van der Waals surface area contributed by atoms with Gasteiger partial charge < -0.3 is 9.53 Å². The summed E-state index contributed by atoms with van der Waals surface area (Å²) < 4.78 is 7.43. The fourth-order valence-electron chi connectivity index (χ4n) is 5.88. The minimum absolute atomic E-state index is 0.219. The Hall–Kier alpha value is 1.03. The molecule has 1 aliphatic carbocycles. The molecule has 5 rings (SSSR count). The van der Waals surface area contributed by atoms with Crippen LogP contribution in [-0.4, -0.2) is 49.2 Å². The van der Waals surface area contributed by atoms with Gasteiger partial charge in [-0.2, -0.15) is 0 Å². The van der Waals surface area contributed by atoms with Crippen LogP contribution in [0.2, 0.25) is 0 Å². The van der Waals surface area contributed by atoms with Gasteiger partial charge in [0.25, 0.3) is 0 Å². The summed E-state index contributed by atoms with van der Waals surface area (Å²) in [6.07, 6.45) is 8.64. The first-order chi connectivity index (χ1) is 11.6. The largest absolute Gasteiger partial charge is 0.368 e. The number of carbonyl (C=O) groups excluding carboxylic acids is 1. The van der Waals surface area contributed by atoms with Crippen LogP contribution >= 0.6 is 47.0 Å². The lowest BCUT2D eigenvalue weighted by molar-refractivity contribution is -0.137. The van der Waals surface area contributed by atoms with Gasteiger partial charge >= 0.3 is 0 Å². The van der Waals surface area contributed by atoms with Gasteiger partial charge in [-0.1, -0.05) is 0 Å². The maximum Gasteiger partial charge on any atom is 0.129 e. The van der Waals surface area contributed by atoms with E-state index in [1.807, 2.05) is 0 Å². The van der Waals surface area contributed by atoms with E-state index in [2.05, 4.69) is 54.0 Å². The molecule has 2 nitrogen and oxygen atoms in total. The summed E-state index contributed by atoms with van der Waals surface area (Å²) >= 11 is 8.64. The molecule has 1 saturated carbocycles. The Kier molecular flexibility index (Phi) is 4.12. The minimum atomic E-state index is -0.227. The van der Waals surface area contributed by atoms with Crippen LogP contribution < -0.4 is 0 Å². The van der Waals surface area contributed by atoms with E-state index in [9.17, 15) is 4.79 Å². The zero-order valence-corrected chi connectivity index (χ0v) is 17.5. The number of hydrogen-bond acceptors (Lipinski definition) is 6. The molecule has 0 unspecified atom stereocenters. The summed E-state index contributed by atoms with van der Waals surface area (Å²) in [5.74, 6) is 5.51.